The molecule has 5 nitrogen and oxygen atoms in total. The molecule has 0 radical (unpaired) electrons. The number of nitrogen functional groups attached to an aromatic ring is 1. The first-order valence-corrected chi connectivity index (χ1v) is 6.69. The number of aryl methyl sites for hydroxylation is 1. The molecule has 0 atom stereocenters. The van der Waals surface area contributed by atoms with Crippen molar-refractivity contribution < 1.29 is 4.79 Å². The summed E-state index contributed by atoms with van der Waals surface area (Å²) in [6, 6.07) is 5.02. The Morgan fingerprint density at radius 3 is 2.45 bits per heavy atom. The second-order valence-corrected chi connectivity index (χ2v) is 5.20. The smallest absolute Gasteiger partial charge is 0.246 e. The Balaban J connectivity index is 2.15. The van der Waals surface area contributed by atoms with Crippen LogP contribution in [0.2, 0.25) is 10.0 Å². The maximum Gasteiger partial charge on any atom is 0.246 e. The van der Waals surface area contributed by atoms with E-state index in [4.69, 9.17) is 28.9 Å². The van der Waals surface area contributed by atoms with Gasteiger partial charge in [-0.3, -0.25) is 9.48 Å². The van der Waals surface area contributed by atoms with Crippen LogP contribution in [-0.2, 0) is 11.3 Å². The number of carbonyl (C=O) groups excluding carboxylic acids is 1. The van der Waals surface area contributed by atoms with E-state index in [0.29, 0.717) is 27.1 Å². The topological polar surface area (TPSA) is 72.9 Å². The van der Waals surface area contributed by atoms with E-state index < -0.39 is 0 Å². The molecule has 0 fully saturated rings. The van der Waals surface area contributed by atoms with E-state index in [-0.39, 0.29) is 12.5 Å². The molecule has 2 aromatic rings. The van der Waals surface area contributed by atoms with Crippen molar-refractivity contribution in [2.45, 2.75) is 20.4 Å². The zero-order valence-electron chi connectivity index (χ0n) is 11.1. The van der Waals surface area contributed by atoms with Gasteiger partial charge in [0.2, 0.25) is 5.91 Å². The van der Waals surface area contributed by atoms with Gasteiger partial charge in [-0.05, 0) is 26.0 Å². The number of para-hydroxylation sites is 1. The van der Waals surface area contributed by atoms with Crippen molar-refractivity contribution in [3.63, 3.8) is 0 Å². The molecule has 0 aliphatic carbocycles. The van der Waals surface area contributed by atoms with Gasteiger partial charge in [0.1, 0.15) is 6.54 Å². The molecule has 7 heteroatoms. The maximum absolute atomic E-state index is 12.0. The van der Waals surface area contributed by atoms with Gasteiger partial charge in [-0.1, -0.05) is 29.3 Å². The lowest BCUT2D eigenvalue weighted by Crippen LogP contribution is -2.20. The van der Waals surface area contributed by atoms with Crippen molar-refractivity contribution in [3.05, 3.63) is 39.6 Å². The van der Waals surface area contributed by atoms with E-state index in [2.05, 4.69) is 10.4 Å². The zero-order chi connectivity index (χ0) is 14.9. The first-order chi connectivity index (χ1) is 9.40. The number of carbonyl (C=O) groups is 1. The summed E-state index contributed by atoms with van der Waals surface area (Å²) in [6.07, 6.45) is 0. The highest BCUT2D eigenvalue weighted by Gasteiger charge is 2.13. The molecule has 0 unspecified atom stereocenters. The van der Waals surface area contributed by atoms with Gasteiger partial charge in [0.05, 0.1) is 32.8 Å². The highest BCUT2D eigenvalue weighted by molar-refractivity contribution is 6.39. The average molecular weight is 313 g/mol. The molecule has 3 N–H and O–H groups in total. The Kier molecular flexibility index (Phi) is 4.20. The Morgan fingerprint density at radius 1 is 1.35 bits per heavy atom. The lowest BCUT2D eigenvalue weighted by Gasteiger charge is -2.10. The predicted molar refractivity (Wildman–Crippen MR) is 81.2 cm³/mol. The van der Waals surface area contributed by atoms with E-state index in [1.54, 1.807) is 29.8 Å². The number of anilines is 2. The van der Waals surface area contributed by atoms with Crippen molar-refractivity contribution in [1.82, 2.24) is 9.78 Å². The van der Waals surface area contributed by atoms with Gasteiger partial charge in [0, 0.05) is 0 Å². The van der Waals surface area contributed by atoms with Gasteiger partial charge < -0.3 is 11.1 Å². The Morgan fingerprint density at radius 2 is 1.95 bits per heavy atom. The van der Waals surface area contributed by atoms with Crippen LogP contribution in [0, 0.1) is 13.8 Å². The maximum atomic E-state index is 12.0. The van der Waals surface area contributed by atoms with Gasteiger partial charge in [-0.2, -0.15) is 5.10 Å². The number of aromatic nitrogens is 2. The molecule has 1 heterocycles. The summed E-state index contributed by atoms with van der Waals surface area (Å²) in [5.74, 6) is -0.273. The Hall–Kier alpha value is -1.72. The molecular weight excluding hydrogens is 299 g/mol. The molecule has 0 saturated heterocycles. The molecular formula is C13H14Cl2N4O. The van der Waals surface area contributed by atoms with Crippen molar-refractivity contribution in [3.8, 4) is 0 Å². The normalized spacial score (nSPS) is 10.6. The van der Waals surface area contributed by atoms with Gasteiger partial charge in [0.25, 0.3) is 0 Å². The Labute approximate surface area is 126 Å². The van der Waals surface area contributed by atoms with Crippen molar-refractivity contribution >= 4 is 40.5 Å². The third kappa shape index (κ3) is 2.89. The summed E-state index contributed by atoms with van der Waals surface area (Å²) >= 11 is 12.0. The van der Waals surface area contributed by atoms with E-state index in [0.717, 1.165) is 5.69 Å². The van der Waals surface area contributed by atoms with E-state index in [1.165, 1.54) is 0 Å². The van der Waals surface area contributed by atoms with Crippen LogP contribution in [0.4, 0.5) is 11.4 Å². The van der Waals surface area contributed by atoms with Gasteiger partial charge >= 0.3 is 0 Å². The number of benzene rings is 1. The van der Waals surface area contributed by atoms with Crippen LogP contribution >= 0.6 is 23.2 Å². The fraction of sp³-hybridized carbons (Fsp3) is 0.231. The monoisotopic (exact) mass is 312 g/mol. The summed E-state index contributed by atoms with van der Waals surface area (Å²) < 4.78 is 1.55. The molecule has 0 aliphatic heterocycles. The summed E-state index contributed by atoms with van der Waals surface area (Å²) in [7, 11) is 0. The molecule has 0 saturated carbocycles. The van der Waals surface area contributed by atoms with Gasteiger partial charge in [-0.25, -0.2) is 0 Å². The number of hydrogen-bond acceptors (Lipinski definition) is 3. The van der Waals surface area contributed by atoms with Gasteiger partial charge in [0.15, 0.2) is 0 Å². The van der Waals surface area contributed by atoms with Crippen LogP contribution < -0.4 is 11.1 Å². The molecule has 106 valence electrons. The molecule has 1 aromatic heterocycles. The molecule has 1 amide bonds. The standard InChI is InChI=1S/C13H14Cl2N4O/c1-7-12(16)8(2)19(18-7)6-11(20)17-13-9(14)4-3-5-10(13)15/h3-5H,6,16H2,1-2H3,(H,17,20). The summed E-state index contributed by atoms with van der Waals surface area (Å²) in [5, 5.41) is 7.65. The number of amides is 1. The molecule has 0 aliphatic rings. The third-order valence-electron chi connectivity index (χ3n) is 2.96. The molecule has 0 bridgehead atoms. The fourth-order valence-electron chi connectivity index (χ4n) is 1.80. The predicted octanol–water partition coefficient (Wildman–Crippen LogP) is 3.03. The molecule has 20 heavy (non-hydrogen) atoms. The van der Waals surface area contributed by atoms with Crippen molar-refractivity contribution in [2.75, 3.05) is 11.1 Å². The fourth-order valence-corrected chi connectivity index (χ4v) is 2.29. The van der Waals surface area contributed by atoms with Crippen LogP contribution in [0.25, 0.3) is 0 Å². The number of halogens is 2. The lowest BCUT2D eigenvalue weighted by atomic mass is 10.3. The number of nitrogens with one attached hydrogen (secondary N) is 1. The number of nitrogens with two attached hydrogens (primary N) is 1. The minimum absolute atomic E-state index is 0.0470. The van der Waals surface area contributed by atoms with E-state index in [9.17, 15) is 4.79 Å². The van der Waals surface area contributed by atoms with Crippen molar-refractivity contribution in [1.29, 1.82) is 0 Å². The van der Waals surface area contributed by atoms with Crippen LogP contribution in [0.3, 0.4) is 0 Å². The molecule has 1 aromatic carbocycles. The first kappa shape index (κ1) is 14.7. The summed E-state index contributed by atoms with van der Waals surface area (Å²) in [5.41, 5.74) is 8.26. The van der Waals surface area contributed by atoms with Crippen LogP contribution in [0.1, 0.15) is 11.4 Å². The largest absolute Gasteiger partial charge is 0.396 e. The third-order valence-corrected chi connectivity index (χ3v) is 3.59. The second-order valence-electron chi connectivity index (χ2n) is 4.39. The zero-order valence-corrected chi connectivity index (χ0v) is 12.6. The van der Waals surface area contributed by atoms with Gasteiger partial charge in [-0.15, -0.1) is 0 Å². The van der Waals surface area contributed by atoms with Crippen LogP contribution in [0.5, 0.6) is 0 Å². The summed E-state index contributed by atoms with van der Waals surface area (Å²) in [4.78, 5) is 12.0. The van der Waals surface area contributed by atoms with Crippen LogP contribution in [-0.4, -0.2) is 15.7 Å². The lowest BCUT2D eigenvalue weighted by molar-refractivity contribution is -0.116. The number of hydrogen-bond donors (Lipinski definition) is 2. The number of nitrogens with zero attached hydrogens (tertiary/aromatic N) is 2. The highest BCUT2D eigenvalue weighted by Crippen LogP contribution is 2.29. The highest BCUT2D eigenvalue weighted by atomic mass is 35.5. The van der Waals surface area contributed by atoms with E-state index in [1.807, 2.05) is 6.92 Å². The average Bonchev–Trinajstić information content (AvgIpc) is 2.62. The van der Waals surface area contributed by atoms with Crippen LogP contribution in [0.15, 0.2) is 18.2 Å². The number of rotatable bonds is 3. The minimum atomic E-state index is -0.273. The molecule has 2 rings (SSSR count). The summed E-state index contributed by atoms with van der Waals surface area (Å²) in [6.45, 7) is 3.65. The van der Waals surface area contributed by atoms with E-state index >= 15 is 0 Å². The SMILES string of the molecule is Cc1nn(CC(=O)Nc2c(Cl)cccc2Cl)c(C)c1N. The minimum Gasteiger partial charge on any atom is -0.396 e. The molecule has 0 spiro atoms. The Bertz CT molecular complexity index is 646. The van der Waals surface area contributed by atoms with Crippen molar-refractivity contribution in [2.24, 2.45) is 0 Å². The second kappa shape index (κ2) is 5.73. The quantitative estimate of drug-likeness (QED) is 0.915. The first-order valence-electron chi connectivity index (χ1n) is 5.93.